The lowest BCUT2D eigenvalue weighted by atomic mass is 10.0. The molecule has 3 amide bonds. The van der Waals surface area contributed by atoms with E-state index in [1.165, 1.54) is 4.90 Å². The summed E-state index contributed by atoms with van der Waals surface area (Å²) in [6.45, 7) is 5.30. The molecule has 3 heterocycles. The van der Waals surface area contributed by atoms with Crippen LogP contribution < -0.4 is 0 Å². The molecule has 0 unspecified atom stereocenters. The van der Waals surface area contributed by atoms with Gasteiger partial charge in [0.1, 0.15) is 0 Å². The van der Waals surface area contributed by atoms with Gasteiger partial charge in [0.15, 0.2) is 0 Å². The molecule has 2 aliphatic heterocycles. The third-order valence-electron chi connectivity index (χ3n) is 6.79. The highest BCUT2D eigenvalue weighted by Gasteiger charge is 2.36. The van der Waals surface area contributed by atoms with Gasteiger partial charge in [0.25, 0.3) is 17.7 Å². The smallest absolute Gasteiger partial charge is 0.261 e. The van der Waals surface area contributed by atoms with Crippen LogP contribution in [0.2, 0.25) is 0 Å². The second-order valence-electron chi connectivity index (χ2n) is 8.94. The van der Waals surface area contributed by atoms with Gasteiger partial charge in [-0.1, -0.05) is 19.4 Å². The number of aromatic nitrogens is 1. The number of hydrogen-bond donors (Lipinski definition) is 0. The first-order valence-corrected chi connectivity index (χ1v) is 11.9. The number of piperidine rings is 1. The van der Waals surface area contributed by atoms with Gasteiger partial charge < -0.3 is 9.80 Å². The molecule has 1 aromatic carbocycles. The SMILES string of the molecule is CCCCN1C(=O)c2ccc(C(=O)N(C)C3CCN(CCc4ccccn4)CC3)cc2C1=O. The number of hydrogen-bond acceptors (Lipinski definition) is 5. The van der Waals surface area contributed by atoms with E-state index in [0.717, 1.165) is 57.4 Å². The van der Waals surface area contributed by atoms with Crippen molar-refractivity contribution in [2.75, 3.05) is 33.2 Å². The van der Waals surface area contributed by atoms with Crippen molar-refractivity contribution in [1.29, 1.82) is 0 Å². The van der Waals surface area contributed by atoms with Crippen molar-refractivity contribution >= 4 is 17.7 Å². The van der Waals surface area contributed by atoms with E-state index in [4.69, 9.17) is 0 Å². The molecule has 1 aromatic heterocycles. The van der Waals surface area contributed by atoms with Gasteiger partial charge in [-0.05, 0) is 49.6 Å². The first kappa shape index (κ1) is 23.1. The van der Waals surface area contributed by atoms with Crippen molar-refractivity contribution in [2.24, 2.45) is 0 Å². The summed E-state index contributed by atoms with van der Waals surface area (Å²) in [5.74, 6) is -0.646. The molecule has 0 spiro atoms. The topological polar surface area (TPSA) is 73.8 Å². The summed E-state index contributed by atoms with van der Waals surface area (Å²) < 4.78 is 0. The van der Waals surface area contributed by atoms with Crippen molar-refractivity contribution < 1.29 is 14.4 Å². The summed E-state index contributed by atoms with van der Waals surface area (Å²) >= 11 is 0. The number of likely N-dealkylation sites (tertiary alicyclic amines) is 1. The van der Waals surface area contributed by atoms with E-state index in [1.54, 1.807) is 23.1 Å². The summed E-state index contributed by atoms with van der Waals surface area (Å²) in [7, 11) is 1.84. The third-order valence-corrected chi connectivity index (χ3v) is 6.79. The third kappa shape index (κ3) is 4.98. The summed E-state index contributed by atoms with van der Waals surface area (Å²) in [4.78, 5) is 48.4. The zero-order chi connectivity index (χ0) is 23.4. The fraction of sp³-hybridized carbons (Fsp3) is 0.462. The van der Waals surface area contributed by atoms with E-state index >= 15 is 0 Å². The highest BCUT2D eigenvalue weighted by molar-refractivity contribution is 6.22. The van der Waals surface area contributed by atoms with Gasteiger partial charge in [-0.25, -0.2) is 0 Å². The fourth-order valence-electron chi connectivity index (χ4n) is 4.66. The van der Waals surface area contributed by atoms with Crippen molar-refractivity contribution in [3.05, 3.63) is 65.0 Å². The maximum atomic E-state index is 13.2. The average Bonchev–Trinajstić information content (AvgIpc) is 3.10. The first-order valence-electron chi connectivity index (χ1n) is 11.9. The molecule has 33 heavy (non-hydrogen) atoms. The molecule has 1 saturated heterocycles. The molecule has 0 aliphatic carbocycles. The minimum absolute atomic E-state index is 0.100. The number of rotatable bonds is 8. The molecule has 7 nitrogen and oxygen atoms in total. The molecule has 1 fully saturated rings. The number of amides is 3. The Morgan fingerprint density at radius 2 is 1.82 bits per heavy atom. The quantitative estimate of drug-likeness (QED) is 0.580. The Labute approximate surface area is 195 Å². The number of imide groups is 1. The lowest BCUT2D eigenvalue weighted by Crippen LogP contribution is -2.46. The molecule has 2 aliphatic rings. The first-order chi connectivity index (χ1) is 16.0. The van der Waals surface area contributed by atoms with Crippen LogP contribution in [0.3, 0.4) is 0 Å². The second-order valence-corrected chi connectivity index (χ2v) is 8.94. The van der Waals surface area contributed by atoms with E-state index in [9.17, 15) is 14.4 Å². The van der Waals surface area contributed by atoms with Gasteiger partial charge in [0.2, 0.25) is 0 Å². The van der Waals surface area contributed by atoms with Crippen LogP contribution in [0.1, 0.15) is 69.4 Å². The predicted molar refractivity (Wildman–Crippen MR) is 126 cm³/mol. The zero-order valence-corrected chi connectivity index (χ0v) is 19.5. The Hall–Kier alpha value is -3.06. The standard InChI is InChI=1S/C26H32N4O3/c1-3-4-14-30-25(32)22-9-8-19(18-23(22)26(30)33)24(31)28(2)21-11-16-29(17-12-21)15-10-20-7-5-6-13-27-20/h5-9,13,18,21H,3-4,10-12,14-17H2,1-2H3. The monoisotopic (exact) mass is 448 g/mol. The van der Waals surface area contributed by atoms with Crippen molar-refractivity contribution in [3.63, 3.8) is 0 Å². The van der Waals surface area contributed by atoms with Crippen molar-refractivity contribution in [1.82, 2.24) is 19.7 Å². The number of carbonyl (C=O) groups excluding carboxylic acids is 3. The highest BCUT2D eigenvalue weighted by atomic mass is 16.2. The van der Waals surface area contributed by atoms with E-state index < -0.39 is 0 Å². The Morgan fingerprint density at radius 1 is 1.06 bits per heavy atom. The van der Waals surface area contributed by atoms with E-state index in [0.29, 0.717) is 23.2 Å². The lowest BCUT2D eigenvalue weighted by molar-refractivity contribution is 0.0639. The van der Waals surface area contributed by atoms with Crippen LogP contribution in [0.4, 0.5) is 0 Å². The fourth-order valence-corrected chi connectivity index (χ4v) is 4.66. The maximum Gasteiger partial charge on any atom is 0.261 e. The van der Waals surface area contributed by atoms with Crippen molar-refractivity contribution in [3.8, 4) is 0 Å². The van der Waals surface area contributed by atoms with Crippen LogP contribution in [0.5, 0.6) is 0 Å². The van der Waals surface area contributed by atoms with Gasteiger partial charge in [-0.15, -0.1) is 0 Å². The summed E-state index contributed by atoms with van der Waals surface area (Å²) in [5.41, 5.74) is 2.31. The maximum absolute atomic E-state index is 13.2. The number of nitrogens with zero attached hydrogens (tertiary/aromatic N) is 4. The van der Waals surface area contributed by atoms with Crippen molar-refractivity contribution in [2.45, 2.75) is 45.1 Å². The van der Waals surface area contributed by atoms with E-state index in [-0.39, 0.29) is 23.8 Å². The molecule has 174 valence electrons. The average molecular weight is 449 g/mol. The summed E-state index contributed by atoms with van der Waals surface area (Å²) in [6.07, 6.45) is 6.27. The number of fused-ring (bicyclic) bond motifs is 1. The van der Waals surface area contributed by atoms with Gasteiger partial charge in [-0.3, -0.25) is 24.3 Å². The van der Waals surface area contributed by atoms with Gasteiger partial charge in [0.05, 0.1) is 11.1 Å². The number of carbonyl (C=O) groups is 3. The molecular weight excluding hydrogens is 416 g/mol. The Bertz CT molecular complexity index is 1020. The van der Waals surface area contributed by atoms with Crippen LogP contribution in [0.25, 0.3) is 0 Å². The van der Waals surface area contributed by atoms with Crippen LogP contribution >= 0.6 is 0 Å². The van der Waals surface area contributed by atoms with Gasteiger partial charge >= 0.3 is 0 Å². The van der Waals surface area contributed by atoms with E-state index in [2.05, 4.69) is 16.0 Å². The van der Waals surface area contributed by atoms with Crippen LogP contribution in [-0.2, 0) is 6.42 Å². The zero-order valence-electron chi connectivity index (χ0n) is 19.5. The molecule has 0 saturated carbocycles. The molecule has 4 rings (SSSR count). The van der Waals surface area contributed by atoms with Crippen LogP contribution in [0, 0.1) is 0 Å². The summed E-state index contributed by atoms with van der Waals surface area (Å²) in [5, 5.41) is 0. The highest BCUT2D eigenvalue weighted by Crippen LogP contribution is 2.26. The number of benzene rings is 1. The Balaban J connectivity index is 1.34. The minimum Gasteiger partial charge on any atom is -0.339 e. The number of unbranched alkanes of at least 4 members (excludes halogenated alkanes) is 1. The molecular formula is C26H32N4O3. The van der Waals surface area contributed by atoms with Gasteiger partial charge in [0, 0.05) is 63.1 Å². The molecule has 0 bridgehead atoms. The minimum atomic E-state index is -0.290. The molecule has 0 atom stereocenters. The Kier molecular flexibility index (Phi) is 7.18. The van der Waals surface area contributed by atoms with E-state index in [1.807, 2.05) is 32.3 Å². The summed E-state index contributed by atoms with van der Waals surface area (Å²) in [6, 6.07) is 11.1. The second kappa shape index (κ2) is 10.3. The molecule has 0 radical (unpaired) electrons. The Morgan fingerprint density at radius 3 is 2.52 bits per heavy atom. The molecule has 0 N–H and O–H groups in total. The lowest BCUT2D eigenvalue weighted by Gasteiger charge is -2.36. The van der Waals surface area contributed by atoms with Gasteiger partial charge in [-0.2, -0.15) is 0 Å². The van der Waals surface area contributed by atoms with Crippen LogP contribution in [0.15, 0.2) is 42.6 Å². The molecule has 2 aromatic rings. The molecule has 7 heteroatoms. The predicted octanol–water partition coefficient (Wildman–Crippen LogP) is 3.26. The van der Waals surface area contributed by atoms with Crippen LogP contribution in [-0.4, -0.2) is 76.7 Å². The number of pyridine rings is 1. The normalized spacial score (nSPS) is 16.8. The largest absolute Gasteiger partial charge is 0.339 e.